The van der Waals surface area contributed by atoms with Crippen LogP contribution in [0.2, 0.25) is 0 Å². The summed E-state index contributed by atoms with van der Waals surface area (Å²) in [5.74, 6) is 0.552. The molecule has 0 aliphatic carbocycles. The lowest BCUT2D eigenvalue weighted by molar-refractivity contribution is -0.130. The first-order valence-corrected chi connectivity index (χ1v) is 7.62. The molecule has 0 bridgehead atoms. The first kappa shape index (κ1) is 17.0. The van der Waals surface area contributed by atoms with E-state index in [1.54, 1.807) is 44.1 Å². The van der Waals surface area contributed by atoms with Crippen LogP contribution in [-0.2, 0) is 9.53 Å². The highest BCUT2D eigenvalue weighted by Crippen LogP contribution is 2.10. The number of nitrogens with one attached hydrogen (secondary N) is 1. The van der Waals surface area contributed by atoms with E-state index in [0.29, 0.717) is 32.1 Å². The van der Waals surface area contributed by atoms with Crippen molar-refractivity contribution in [3.63, 3.8) is 0 Å². The van der Waals surface area contributed by atoms with E-state index >= 15 is 0 Å². The summed E-state index contributed by atoms with van der Waals surface area (Å²) in [5.41, 5.74) is -0.575. The van der Waals surface area contributed by atoms with Crippen LogP contribution in [0.4, 0.5) is 10.7 Å². The maximum Gasteiger partial charge on any atom is 0.408 e. The summed E-state index contributed by atoms with van der Waals surface area (Å²) in [5, 5.41) is 2.49. The number of ether oxygens (including phenoxy) is 1. The normalized spacial score (nSPS) is 15.3. The summed E-state index contributed by atoms with van der Waals surface area (Å²) in [7, 11) is 0. The minimum atomic E-state index is -0.581. The van der Waals surface area contributed by atoms with Gasteiger partial charge in [0.05, 0.1) is 0 Å². The van der Waals surface area contributed by atoms with Crippen molar-refractivity contribution in [3.8, 4) is 0 Å². The van der Waals surface area contributed by atoms with Gasteiger partial charge in [-0.25, -0.2) is 14.8 Å². The summed E-state index contributed by atoms with van der Waals surface area (Å²) < 4.78 is 5.10. The number of hydrogen-bond donors (Lipinski definition) is 1. The van der Waals surface area contributed by atoms with E-state index in [9.17, 15) is 9.59 Å². The SMILES string of the molecule is CC(C)(C)OC(=O)NCC(=O)N1CCN(c2ncccn2)CC1. The Morgan fingerprint density at radius 1 is 1.17 bits per heavy atom. The highest BCUT2D eigenvalue weighted by atomic mass is 16.6. The molecule has 1 fully saturated rings. The number of rotatable bonds is 3. The maximum atomic E-state index is 12.1. The van der Waals surface area contributed by atoms with E-state index in [2.05, 4.69) is 15.3 Å². The van der Waals surface area contributed by atoms with Gasteiger partial charge in [-0.2, -0.15) is 0 Å². The number of alkyl carbamates (subject to hydrolysis) is 1. The molecule has 1 saturated heterocycles. The number of anilines is 1. The molecule has 1 aliphatic heterocycles. The van der Waals surface area contributed by atoms with Gasteiger partial charge < -0.3 is 19.9 Å². The number of carbonyl (C=O) groups is 2. The van der Waals surface area contributed by atoms with E-state index in [0.717, 1.165) is 0 Å². The van der Waals surface area contributed by atoms with Gasteiger partial charge in [-0.3, -0.25) is 4.79 Å². The van der Waals surface area contributed by atoms with E-state index < -0.39 is 11.7 Å². The Labute approximate surface area is 135 Å². The molecule has 2 rings (SSSR count). The van der Waals surface area contributed by atoms with Gasteiger partial charge in [-0.15, -0.1) is 0 Å². The van der Waals surface area contributed by atoms with Crippen molar-refractivity contribution in [2.45, 2.75) is 26.4 Å². The molecule has 2 amide bonds. The third-order valence-corrected chi connectivity index (χ3v) is 3.25. The van der Waals surface area contributed by atoms with Gasteiger partial charge in [0.15, 0.2) is 0 Å². The molecule has 0 aromatic carbocycles. The van der Waals surface area contributed by atoms with Crippen LogP contribution in [0.25, 0.3) is 0 Å². The van der Waals surface area contributed by atoms with Crippen LogP contribution in [0.3, 0.4) is 0 Å². The number of nitrogens with zero attached hydrogens (tertiary/aromatic N) is 4. The molecule has 8 heteroatoms. The Morgan fingerprint density at radius 2 is 1.78 bits per heavy atom. The second-order valence-electron chi connectivity index (χ2n) is 6.27. The molecule has 126 valence electrons. The average molecular weight is 321 g/mol. The monoisotopic (exact) mass is 321 g/mol. The molecule has 0 unspecified atom stereocenters. The predicted octanol–water partition coefficient (Wildman–Crippen LogP) is 0.650. The molecule has 8 nitrogen and oxygen atoms in total. The van der Waals surface area contributed by atoms with Crippen LogP contribution < -0.4 is 10.2 Å². The van der Waals surface area contributed by atoms with Gasteiger partial charge in [0.1, 0.15) is 12.1 Å². The van der Waals surface area contributed by atoms with Crippen molar-refractivity contribution in [1.29, 1.82) is 0 Å². The quantitative estimate of drug-likeness (QED) is 0.879. The fourth-order valence-electron chi connectivity index (χ4n) is 2.18. The van der Waals surface area contributed by atoms with Crippen molar-refractivity contribution >= 4 is 17.9 Å². The summed E-state index contributed by atoms with van der Waals surface area (Å²) in [6.07, 6.45) is 2.82. The lowest BCUT2D eigenvalue weighted by Gasteiger charge is -2.34. The van der Waals surface area contributed by atoms with Gasteiger partial charge in [-0.05, 0) is 26.8 Å². The molecule has 1 aromatic rings. The highest BCUT2D eigenvalue weighted by Gasteiger charge is 2.23. The number of carbonyl (C=O) groups excluding carboxylic acids is 2. The van der Waals surface area contributed by atoms with Crippen molar-refractivity contribution in [1.82, 2.24) is 20.2 Å². The van der Waals surface area contributed by atoms with Crippen LogP contribution in [0.15, 0.2) is 18.5 Å². The minimum Gasteiger partial charge on any atom is -0.444 e. The molecule has 1 aliphatic rings. The van der Waals surface area contributed by atoms with Crippen LogP contribution in [0.5, 0.6) is 0 Å². The van der Waals surface area contributed by atoms with Gasteiger partial charge in [0, 0.05) is 38.6 Å². The van der Waals surface area contributed by atoms with Crippen molar-refractivity contribution < 1.29 is 14.3 Å². The number of hydrogen-bond acceptors (Lipinski definition) is 6. The molecule has 1 aromatic heterocycles. The zero-order chi connectivity index (χ0) is 16.9. The average Bonchev–Trinajstić information content (AvgIpc) is 2.52. The molecule has 1 N–H and O–H groups in total. The van der Waals surface area contributed by atoms with Crippen LogP contribution in [0.1, 0.15) is 20.8 Å². The second kappa shape index (κ2) is 7.26. The summed E-state index contributed by atoms with van der Waals surface area (Å²) >= 11 is 0. The lowest BCUT2D eigenvalue weighted by Crippen LogP contribution is -2.51. The zero-order valence-corrected chi connectivity index (χ0v) is 13.8. The Kier molecular flexibility index (Phi) is 5.36. The topological polar surface area (TPSA) is 87.7 Å². The van der Waals surface area contributed by atoms with Crippen LogP contribution in [0, 0.1) is 0 Å². The van der Waals surface area contributed by atoms with Crippen LogP contribution >= 0.6 is 0 Å². The Morgan fingerprint density at radius 3 is 2.35 bits per heavy atom. The number of piperazine rings is 1. The number of aromatic nitrogens is 2. The maximum absolute atomic E-state index is 12.1. The fourth-order valence-corrected chi connectivity index (χ4v) is 2.18. The van der Waals surface area contributed by atoms with E-state index in [-0.39, 0.29) is 12.5 Å². The second-order valence-corrected chi connectivity index (χ2v) is 6.27. The van der Waals surface area contributed by atoms with E-state index in [1.165, 1.54) is 0 Å². The molecular weight excluding hydrogens is 298 g/mol. The third-order valence-electron chi connectivity index (χ3n) is 3.25. The van der Waals surface area contributed by atoms with Crippen molar-refractivity contribution in [3.05, 3.63) is 18.5 Å². The lowest BCUT2D eigenvalue weighted by atomic mass is 10.2. The molecular formula is C15H23N5O3. The Hall–Kier alpha value is -2.38. The summed E-state index contributed by atoms with van der Waals surface area (Å²) in [6.45, 7) is 7.76. The zero-order valence-electron chi connectivity index (χ0n) is 13.8. The van der Waals surface area contributed by atoms with Gasteiger partial charge in [0.25, 0.3) is 0 Å². The molecule has 23 heavy (non-hydrogen) atoms. The Bertz CT molecular complexity index is 536. The smallest absolute Gasteiger partial charge is 0.408 e. The Balaban J connectivity index is 1.74. The minimum absolute atomic E-state index is 0.0588. The van der Waals surface area contributed by atoms with Gasteiger partial charge in [0.2, 0.25) is 11.9 Å². The molecule has 0 spiro atoms. The first-order valence-electron chi connectivity index (χ1n) is 7.62. The van der Waals surface area contributed by atoms with Gasteiger partial charge in [-0.1, -0.05) is 0 Å². The summed E-state index contributed by atoms with van der Waals surface area (Å²) in [4.78, 5) is 35.8. The molecule has 2 heterocycles. The summed E-state index contributed by atoms with van der Waals surface area (Å²) in [6, 6.07) is 1.77. The number of amides is 2. The standard InChI is InChI=1S/C15H23N5O3/c1-15(2,3)23-14(22)18-11-12(21)19-7-9-20(10-8-19)13-16-5-4-6-17-13/h4-6H,7-11H2,1-3H3,(H,18,22). The largest absolute Gasteiger partial charge is 0.444 e. The molecule has 0 radical (unpaired) electrons. The fraction of sp³-hybridized carbons (Fsp3) is 0.600. The van der Waals surface area contributed by atoms with Gasteiger partial charge >= 0.3 is 6.09 Å². The highest BCUT2D eigenvalue weighted by molar-refractivity contribution is 5.82. The van der Waals surface area contributed by atoms with Crippen molar-refractivity contribution in [2.75, 3.05) is 37.6 Å². The van der Waals surface area contributed by atoms with Crippen LogP contribution in [-0.4, -0.2) is 65.2 Å². The van der Waals surface area contributed by atoms with Crippen molar-refractivity contribution in [2.24, 2.45) is 0 Å². The van der Waals surface area contributed by atoms with E-state index in [4.69, 9.17) is 4.74 Å². The first-order chi connectivity index (χ1) is 10.8. The van der Waals surface area contributed by atoms with E-state index in [1.807, 2.05) is 4.90 Å². The molecule has 0 saturated carbocycles. The third kappa shape index (κ3) is 5.39. The predicted molar refractivity (Wildman–Crippen MR) is 85.1 cm³/mol. The molecule has 0 atom stereocenters.